The average Bonchev–Trinajstić information content (AvgIpc) is 2.11. The Bertz CT molecular complexity index is 288. The van der Waals surface area contributed by atoms with Gasteiger partial charge in [-0.3, -0.25) is 9.59 Å². The van der Waals surface area contributed by atoms with Gasteiger partial charge < -0.3 is 9.47 Å². The molecule has 0 N–H and O–H groups in total. The molecule has 0 aromatic heterocycles. The Labute approximate surface area is 116 Å². The Morgan fingerprint density at radius 2 is 1.05 bits per heavy atom. The highest BCUT2D eigenvalue weighted by molar-refractivity contribution is 5.76. The van der Waals surface area contributed by atoms with E-state index in [1.807, 2.05) is 41.5 Å². The lowest BCUT2D eigenvalue weighted by Crippen LogP contribution is -2.31. The molecule has 0 aliphatic heterocycles. The predicted molar refractivity (Wildman–Crippen MR) is 74.6 cm³/mol. The van der Waals surface area contributed by atoms with Crippen LogP contribution in [0.25, 0.3) is 0 Å². The predicted octanol–water partition coefficient (Wildman–Crippen LogP) is 3.33. The second-order valence-electron chi connectivity index (χ2n) is 7.10. The van der Waals surface area contributed by atoms with Crippen molar-refractivity contribution >= 4 is 11.9 Å². The van der Waals surface area contributed by atoms with Gasteiger partial charge in [-0.1, -0.05) is 13.8 Å². The van der Waals surface area contributed by atoms with E-state index in [1.165, 1.54) is 0 Å². The van der Waals surface area contributed by atoms with Crippen LogP contribution in [0.1, 0.15) is 61.8 Å². The molecule has 0 spiro atoms. The summed E-state index contributed by atoms with van der Waals surface area (Å²) in [6.45, 7) is 14.5. The third-order valence-electron chi connectivity index (χ3n) is 2.33. The number of rotatable bonds is 4. The summed E-state index contributed by atoms with van der Waals surface area (Å²) in [5, 5.41) is 0. The van der Waals surface area contributed by atoms with Crippen molar-refractivity contribution < 1.29 is 19.1 Å². The van der Waals surface area contributed by atoms with Crippen molar-refractivity contribution in [3.8, 4) is 0 Å². The Morgan fingerprint density at radius 3 is 1.26 bits per heavy atom. The number of ether oxygens (including phenoxy) is 2. The van der Waals surface area contributed by atoms with Crippen molar-refractivity contribution in [1.29, 1.82) is 0 Å². The smallest absolute Gasteiger partial charge is 0.309 e. The fourth-order valence-electron chi connectivity index (χ4n) is 1.53. The largest absolute Gasteiger partial charge is 0.460 e. The van der Waals surface area contributed by atoms with E-state index in [4.69, 9.17) is 9.47 Å². The normalized spacial score (nSPS) is 15.6. The molecule has 0 rings (SSSR count). The van der Waals surface area contributed by atoms with Gasteiger partial charge in [-0.05, 0) is 48.0 Å². The molecule has 0 heterocycles. The van der Waals surface area contributed by atoms with Crippen molar-refractivity contribution in [3.63, 3.8) is 0 Å². The number of esters is 2. The van der Waals surface area contributed by atoms with E-state index < -0.39 is 11.2 Å². The van der Waals surface area contributed by atoms with E-state index >= 15 is 0 Å². The van der Waals surface area contributed by atoms with Gasteiger partial charge in [0.15, 0.2) is 0 Å². The fourth-order valence-corrected chi connectivity index (χ4v) is 1.53. The van der Waals surface area contributed by atoms with E-state index in [2.05, 4.69) is 0 Å². The van der Waals surface area contributed by atoms with E-state index in [-0.39, 0.29) is 23.8 Å². The summed E-state index contributed by atoms with van der Waals surface area (Å²) in [6.07, 6.45) is 0.434. The van der Waals surface area contributed by atoms with Gasteiger partial charge in [0, 0.05) is 0 Å². The first kappa shape index (κ1) is 17.9. The molecular weight excluding hydrogens is 244 g/mol. The molecule has 0 aromatic carbocycles. The van der Waals surface area contributed by atoms with Crippen LogP contribution in [0.2, 0.25) is 0 Å². The van der Waals surface area contributed by atoms with Crippen molar-refractivity contribution in [2.45, 2.75) is 73.0 Å². The summed E-state index contributed by atoms with van der Waals surface area (Å²) < 4.78 is 10.6. The van der Waals surface area contributed by atoms with Crippen LogP contribution >= 0.6 is 0 Å². The van der Waals surface area contributed by atoms with Crippen molar-refractivity contribution in [2.24, 2.45) is 11.8 Å². The molecule has 0 aromatic rings. The molecule has 2 unspecified atom stereocenters. The standard InChI is InChI=1S/C15H28O4/c1-10(12(16)18-14(3,4)5)9-11(2)13(17)19-15(6,7)8/h10-11H,9H2,1-8H3. The molecule has 0 radical (unpaired) electrons. The van der Waals surface area contributed by atoms with Crippen molar-refractivity contribution in [3.05, 3.63) is 0 Å². The highest BCUT2D eigenvalue weighted by Crippen LogP contribution is 2.20. The summed E-state index contributed by atoms with van der Waals surface area (Å²) in [4.78, 5) is 23.7. The molecule has 0 fully saturated rings. The molecule has 0 saturated heterocycles. The zero-order valence-electron chi connectivity index (χ0n) is 13.5. The Morgan fingerprint density at radius 1 is 0.789 bits per heavy atom. The maximum absolute atomic E-state index is 11.8. The lowest BCUT2D eigenvalue weighted by molar-refractivity contribution is -0.163. The van der Waals surface area contributed by atoms with Crippen LogP contribution in [0.3, 0.4) is 0 Å². The van der Waals surface area contributed by atoms with Gasteiger partial charge in [-0.2, -0.15) is 0 Å². The van der Waals surface area contributed by atoms with Crippen molar-refractivity contribution in [1.82, 2.24) is 0 Å². The second kappa shape index (κ2) is 6.40. The average molecular weight is 272 g/mol. The maximum Gasteiger partial charge on any atom is 0.309 e. The molecule has 0 saturated carbocycles. The number of hydrogen-bond donors (Lipinski definition) is 0. The molecule has 0 amide bonds. The summed E-state index contributed by atoms with van der Waals surface area (Å²) in [5.41, 5.74) is -0.999. The second-order valence-corrected chi connectivity index (χ2v) is 7.10. The Balaban J connectivity index is 4.36. The molecule has 112 valence electrons. The molecule has 0 bridgehead atoms. The zero-order valence-corrected chi connectivity index (χ0v) is 13.5. The van der Waals surface area contributed by atoms with E-state index in [1.54, 1.807) is 13.8 Å². The minimum absolute atomic E-state index is 0.275. The third-order valence-corrected chi connectivity index (χ3v) is 2.33. The van der Waals surface area contributed by atoms with Crippen LogP contribution in [0.4, 0.5) is 0 Å². The van der Waals surface area contributed by atoms with Crippen LogP contribution < -0.4 is 0 Å². The Kier molecular flexibility index (Phi) is 6.04. The molecule has 2 atom stereocenters. The topological polar surface area (TPSA) is 52.6 Å². The van der Waals surface area contributed by atoms with E-state index in [9.17, 15) is 9.59 Å². The summed E-state index contributed by atoms with van der Waals surface area (Å²) >= 11 is 0. The van der Waals surface area contributed by atoms with Crippen LogP contribution in [0.15, 0.2) is 0 Å². The number of carbonyl (C=O) groups is 2. The molecule has 4 heteroatoms. The third kappa shape index (κ3) is 8.62. The first-order valence-electron chi connectivity index (χ1n) is 6.77. The summed E-state index contributed by atoms with van der Waals surface area (Å²) in [5.74, 6) is -1.19. The molecular formula is C15H28O4. The van der Waals surface area contributed by atoms with Crippen molar-refractivity contribution in [2.75, 3.05) is 0 Å². The minimum Gasteiger partial charge on any atom is -0.460 e. The van der Waals surface area contributed by atoms with Gasteiger partial charge in [0.2, 0.25) is 0 Å². The van der Waals surface area contributed by atoms with Crippen LogP contribution in [0, 0.1) is 11.8 Å². The first-order valence-corrected chi connectivity index (χ1v) is 6.77. The maximum atomic E-state index is 11.8. The lowest BCUT2D eigenvalue weighted by Gasteiger charge is -2.25. The van der Waals surface area contributed by atoms with Gasteiger partial charge in [0.1, 0.15) is 11.2 Å². The fraction of sp³-hybridized carbons (Fsp3) is 0.867. The van der Waals surface area contributed by atoms with Crippen LogP contribution in [-0.2, 0) is 19.1 Å². The minimum atomic E-state index is -0.500. The van der Waals surface area contributed by atoms with Crippen LogP contribution in [0.5, 0.6) is 0 Å². The first-order chi connectivity index (χ1) is 8.32. The number of carbonyl (C=O) groups excluding carboxylic acids is 2. The zero-order chi connectivity index (χ0) is 15.4. The van der Waals surface area contributed by atoms with Gasteiger partial charge in [-0.15, -0.1) is 0 Å². The SMILES string of the molecule is CC(CC(C)C(=O)OC(C)(C)C)C(=O)OC(C)(C)C. The highest BCUT2D eigenvalue weighted by Gasteiger charge is 2.28. The molecule has 0 aliphatic carbocycles. The van der Waals surface area contributed by atoms with Gasteiger partial charge in [0.05, 0.1) is 11.8 Å². The quantitative estimate of drug-likeness (QED) is 0.737. The van der Waals surface area contributed by atoms with E-state index in [0.717, 1.165) is 0 Å². The van der Waals surface area contributed by atoms with Gasteiger partial charge in [0.25, 0.3) is 0 Å². The van der Waals surface area contributed by atoms with Gasteiger partial charge >= 0.3 is 11.9 Å². The number of hydrogen-bond acceptors (Lipinski definition) is 4. The lowest BCUT2D eigenvalue weighted by atomic mass is 9.97. The molecule has 4 nitrogen and oxygen atoms in total. The highest BCUT2D eigenvalue weighted by atomic mass is 16.6. The Hall–Kier alpha value is -1.06. The van der Waals surface area contributed by atoms with Gasteiger partial charge in [-0.25, -0.2) is 0 Å². The summed E-state index contributed by atoms with van der Waals surface area (Å²) in [6, 6.07) is 0. The molecule has 19 heavy (non-hydrogen) atoms. The molecule has 0 aliphatic rings. The van der Waals surface area contributed by atoms with Crippen LogP contribution in [-0.4, -0.2) is 23.1 Å². The summed E-state index contributed by atoms with van der Waals surface area (Å²) in [7, 11) is 0. The monoisotopic (exact) mass is 272 g/mol. The van der Waals surface area contributed by atoms with E-state index in [0.29, 0.717) is 6.42 Å².